The van der Waals surface area contributed by atoms with E-state index in [0.29, 0.717) is 29.1 Å². The van der Waals surface area contributed by atoms with Crippen molar-refractivity contribution in [2.45, 2.75) is 40.5 Å². The number of benzene rings is 2. The van der Waals surface area contributed by atoms with Crippen LogP contribution in [0.25, 0.3) is 4.96 Å². The SMILES string of the molecule is CCCc1cc(=O)n2c(C(=O)Nc3ccc(C)cc3C)c(C(=O)Nc3ccc(C(=O)OCC)cc3)sc2n1. The molecular weight excluding hydrogens is 504 g/mol. The highest BCUT2D eigenvalue weighted by Crippen LogP contribution is 2.25. The van der Waals surface area contributed by atoms with E-state index in [1.54, 1.807) is 25.1 Å². The van der Waals surface area contributed by atoms with Crippen LogP contribution in [0.2, 0.25) is 0 Å². The Balaban J connectivity index is 1.73. The fraction of sp³-hybridized carbons (Fsp3) is 0.250. The molecule has 0 fully saturated rings. The van der Waals surface area contributed by atoms with Crippen molar-refractivity contribution in [2.75, 3.05) is 17.2 Å². The van der Waals surface area contributed by atoms with Gasteiger partial charge in [-0.1, -0.05) is 42.4 Å². The van der Waals surface area contributed by atoms with Crippen LogP contribution < -0.4 is 16.2 Å². The minimum absolute atomic E-state index is 0.0417. The van der Waals surface area contributed by atoms with Crippen LogP contribution in [0.1, 0.15) is 67.6 Å². The minimum Gasteiger partial charge on any atom is -0.462 e. The van der Waals surface area contributed by atoms with Crippen molar-refractivity contribution in [3.05, 3.63) is 91.8 Å². The number of nitrogens with one attached hydrogen (secondary N) is 2. The standard InChI is InChI=1S/C28H28N4O5S/c1-5-7-20-15-22(33)32-23(25(34)31-21-13-8-16(3)14-17(21)4)24(38-28(32)30-20)26(35)29-19-11-9-18(10-12-19)27(36)37-6-2/h8-15H,5-7H2,1-4H3,(H,29,35)(H,31,34). The molecule has 196 valence electrons. The van der Waals surface area contributed by atoms with Gasteiger partial charge >= 0.3 is 5.97 Å². The van der Waals surface area contributed by atoms with Gasteiger partial charge in [-0.15, -0.1) is 0 Å². The van der Waals surface area contributed by atoms with Gasteiger partial charge in [0.1, 0.15) is 10.6 Å². The summed E-state index contributed by atoms with van der Waals surface area (Å²) in [5.74, 6) is -1.64. The van der Waals surface area contributed by atoms with Gasteiger partial charge in [0.2, 0.25) is 0 Å². The molecular formula is C28H28N4O5S. The fourth-order valence-corrected chi connectivity index (χ4v) is 5.03. The number of rotatable bonds is 8. The highest BCUT2D eigenvalue weighted by atomic mass is 32.1. The zero-order valence-electron chi connectivity index (χ0n) is 21.6. The van der Waals surface area contributed by atoms with Gasteiger partial charge in [-0.3, -0.25) is 14.4 Å². The number of amides is 2. The van der Waals surface area contributed by atoms with Gasteiger partial charge in [-0.25, -0.2) is 14.2 Å². The molecule has 2 N–H and O–H groups in total. The molecule has 2 aromatic carbocycles. The summed E-state index contributed by atoms with van der Waals surface area (Å²) in [6, 6.07) is 13.2. The summed E-state index contributed by atoms with van der Waals surface area (Å²) in [5.41, 5.74) is 3.30. The Morgan fingerprint density at radius 3 is 2.37 bits per heavy atom. The van der Waals surface area contributed by atoms with E-state index in [2.05, 4.69) is 15.6 Å². The summed E-state index contributed by atoms with van der Waals surface area (Å²) in [6.45, 7) is 7.77. The smallest absolute Gasteiger partial charge is 0.338 e. The topological polar surface area (TPSA) is 119 Å². The highest BCUT2D eigenvalue weighted by Gasteiger charge is 2.27. The molecule has 0 unspecified atom stereocenters. The number of hydrogen-bond donors (Lipinski definition) is 2. The second-order valence-electron chi connectivity index (χ2n) is 8.76. The summed E-state index contributed by atoms with van der Waals surface area (Å²) in [5, 5.41) is 5.59. The third kappa shape index (κ3) is 5.65. The van der Waals surface area contributed by atoms with Crippen molar-refractivity contribution < 1.29 is 19.1 Å². The second kappa shape index (κ2) is 11.4. The Morgan fingerprint density at radius 2 is 1.71 bits per heavy atom. The molecule has 0 aliphatic heterocycles. The summed E-state index contributed by atoms with van der Waals surface area (Å²) < 4.78 is 6.17. The van der Waals surface area contributed by atoms with Gasteiger partial charge in [-0.05, 0) is 63.1 Å². The zero-order valence-corrected chi connectivity index (χ0v) is 22.4. The number of hydrogen-bond acceptors (Lipinski definition) is 7. The molecule has 9 nitrogen and oxygen atoms in total. The Kier molecular flexibility index (Phi) is 8.02. The number of ether oxygens (including phenoxy) is 1. The fourth-order valence-electron chi connectivity index (χ4n) is 3.99. The molecule has 0 aliphatic carbocycles. The van der Waals surface area contributed by atoms with E-state index in [0.717, 1.165) is 28.9 Å². The van der Waals surface area contributed by atoms with E-state index in [1.165, 1.54) is 22.6 Å². The lowest BCUT2D eigenvalue weighted by Crippen LogP contribution is -2.25. The van der Waals surface area contributed by atoms with Gasteiger partial charge in [0.25, 0.3) is 17.4 Å². The molecule has 0 saturated carbocycles. The van der Waals surface area contributed by atoms with Crippen LogP contribution in [0.3, 0.4) is 0 Å². The number of carbonyl (C=O) groups is 3. The molecule has 38 heavy (non-hydrogen) atoms. The number of esters is 1. The molecule has 0 spiro atoms. The molecule has 2 aromatic heterocycles. The Morgan fingerprint density at radius 1 is 0.974 bits per heavy atom. The maximum absolute atomic E-state index is 13.5. The summed E-state index contributed by atoms with van der Waals surface area (Å²) >= 11 is 0.970. The first kappa shape index (κ1) is 26.7. The average Bonchev–Trinajstić information content (AvgIpc) is 3.27. The van der Waals surface area contributed by atoms with Crippen LogP contribution >= 0.6 is 11.3 Å². The molecule has 0 bridgehead atoms. The van der Waals surface area contributed by atoms with E-state index in [1.807, 2.05) is 32.9 Å². The lowest BCUT2D eigenvalue weighted by molar-refractivity contribution is 0.0526. The van der Waals surface area contributed by atoms with Crippen LogP contribution in [-0.2, 0) is 11.2 Å². The van der Waals surface area contributed by atoms with Gasteiger partial charge in [0, 0.05) is 23.1 Å². The molecule has 2 amide bonds. The third-order valence-electron chi connectivity index (χ3n) is 5.78. The molecule has 2 heterocycles. The lowest BCUT2D eigenvalue weighted by Gasteiger charge is -2.11. The second-order valence-corrected chi connectivity index (χ2v) is 9.74. The van der Waals surface area contributed by atoms with Crippen molar-refractivity contribution in [1.29, 1.82) is 0 Å². The summed E-state index contributed by atoms with van der Waals surface area (Å²) in [7, 11) is 0. The van der Waals surface area contributed by atoms with Gasteiger partial charge in [-0.2, -0.15) is 0 Å². The van der Waals surface area contributed by atoms with Gasteiger partial charge < -0.3 is 15.4 Å². The molecule has 4 rings (SSSR count). The van der Waals surface area contributed by atoms with E-state index in [4.69, 9.17) is 4.74 Å². The monoisotopic (exact) mass is 532 g/mol. The van der Waals surface area contributed by atoms with Crippen molar-refractivity contribution in [2.24, 2.45) is 0 Å². The van der Waals surface area contributed by atoms with Crippen molar-refractivity contribution in [3.8, 4) is 0 Å². The first-order chi connectivity index (χ1) is 18.2. The molecule has 4 aromatic rings. The first-order valence-corrected chi connectivity index (χ1v) is 13.1. The number of thiazole rings is 1. The number of fused-ring (bicyclic) bond motifs is 1. The van der Waals surface area contributed by atoms with Gasteiger partial charge in [0.05, 0.1) is 12.2 Å². The van der Waals surface area contributed by atoms with Crippen LogP contribution in [0.15, 0.2) is 53.3 Å². The third-order valence-corrected chi connectivity index (χ3v) is 6.82. The first-order valence-electron chi connectivity index (χ1n) is 12.2. The molecule has 0 atom stereocenters. The molecule has 0 radical (unpaired) electrons. The van der Waals surface area contributed by atoms with E-state index >= 15 is 0 Å². The van der Waals surface area contributed by atoms with E-state index < -0.39 is 23.3 Å². The van der Waals surface area contributed by atoms with E-state index in [9.17, 15) is 19.2 Å². The van der Waals surface area contributed by atoms with Gasteiger partial charge in [0.15, 0.2) is 4.96 Å². The predicted octanol–water partition coefficient (Wildman–Crippen LogP) is 5.01. The van der Waals surface area contributed by atoms with Crippen LogP contribution in [0, 0.1) is 13.8 Å². The van der Waals surface area contributed by atoms with Crippen LogP contribution in [0.5, 0.6) is 0 Å². The number of nitrogens with zero attached hydrogens (tertiary/aromatic N) is 2. The number of carbonyl (C=O) groups excluding carboxylic acids is 3. The largest absolute Gasteiger partial charge is 0.462 e. The van der Waals surface area contributed by atoms with Crippen molar-refractivity contribution in [3.63, 3.8) is 0 Å². The predicted molar refractivity (Wildman–Crippen MR) is 148 cm³/mol. The highest BCUT2D eigenvalue weighted by molar-refractivity contribution is 7.19. The van der Waals surface area contributed by atoms with E-state index in [-0.39, 0.29) is 22.1 Å². The zero-order chi connectivity index (χ0) is 27.4. The van der Waals surface area contributed by atoms with Crippen LogP contribution in [0.4, 0.5) is 11.4 Å². The quantitative estimate of drug-likeness (QED) is 0.308. The molecule has 0 aliphatic rings. The number of anilines is 2. The normalized spacial score (nSPS) is 10.8. The Hall–Kier alpha value is -4.31. The maximum Gasteiger partial charge on any atom is 0.338 e. The number of aromatic nitrogens is 2. The average molecular weight is 533 g/mol. The molecule has 10 heteroatoms. The molecule has 0 saturated heterocycles. The summed E-state index contributed by atoms with van der Waals surface area (Å²) in [4.78, 5) is 56.8. The lowest BCUT2D eigenvalue weighted by atomic mass is 10.1. The Labute approximate surface area is 223 Å². The maximum atomic E-state index is 13.5. The number of aryl methyl sites for hydroxylation is 3. The van der Waals surface area contributed by atoms with Crippen LogP contribution in [-0.4, -0.2) is 33.8 Å². The van der Waals surface area contributed by atoms with Crippen molar-refractivity contribution >= 4 is 45.5 Å². The summed E-state index contributed by atoms with van der Waals surface area (Å²) in [6.07, 6.45) is 1.39. The Bertz CT molecular complexity index is 1590. The minimum atomic E-state index is -0.599. The van der Waals surface area contributed by atoms with Crippen molar-refractivity contribution in [1.82, 2.24) is 9.38 Å².